The van der Waals surface area contributed by atoms with Gasteiger partial charge in [0.15, 0.2) is 0 Å². The van der Waals surface area contributed by atoms with Crippen molar-refractivity contribution >= 4 is 32.5 Å². The molecule has 4 rings (SSSR count). The number of anilines is 1. The van der Waals surface area contributed by atoms with E-state index in [1.807, 2.05) is 44.3 Å². The van der Waals surface area contributed by atoms with E-state index >= 15 is 0 Å². The minimum atomic E-state index is -4.93. The summed E-state index contributed by atoms with van der Waals surface area (Å²) in [5, 5.41) is 1.02. The van der Waals surface area contributed by atoms with E-state index in [-0.39, 0.29) is 37.6 Å². The first-order chi connectivity index (χ1) is 17.3. The first-order valence-electron chi connectivity index (χ1n) is 11.7. The van der Waals surface area contributed by atoms with Gasteiger partial charge in [-0.05, 0) is 29.8 Å². The van der Waals surface area contributed by atoms with Crippen molar-refractivity contribution in [1.29, 1.82) is 0 Å². The molecule has 2 heterocycles. The highest BCUT2D eigenvalue weighted by Gasteiger charge is 2.43. The first kappa shape index (κ1) is 26.8. The lowest BCUT2D eigenvalue weighted by Gasteiger charge is -2.37. The molecule has 1 aromatic heterocycles. The molecule has 0 saturated carbocycles. The number of benzene rings is 2. The molecule has 0 unspecified atom stereocenters. The Morgan fingerprint density at radius 3 is 2.41 bits per heavy atom. The van der Waals surface area contributed by atoms with Crippen LogP contribution in [-0.4, -0.2) is 70.2 Å². The number of nitrogens with one attached hydrogen (secondary N) is 2. The predicted molar refractivity (Wildman–Crippen MR) is 134 cm³/mol. The Balaban J connectivity index is 1.51. The molecule has 0 aliphatic carbocycles. The fourth-order valence-corrected chi connectivity index (χ4v) is 5.73. The number of halogens is 3. The van der Waals surface area contributed by atoms with Gasteiger partial charge in [-0.1, -0.05) is 32.0 Å². The Bertz CT molecular complexity index is 1390. The standard InChI is InChI=1S/C25H29F3N4O4S/c1-24(2,19-15-29-20-7-5-4-6-18(19)20)16-30-37(34,35)17-8-9-22(36-3)21(14-17)31-10-12-32(13-11-31)23(33)25(26,27)28/h4-9,14-15,29-30H,10-13,16H2,1-3H3. The van der Waals surface area contributed by atoms with E-state index in [9.17, 15) is 26.4 Å². The number of rotatable bonds is 7. The molecule has 2 N–H and O–H groups in total. The Labute approximate surface area is 213 Å². The summed E-state index contributed by atoms with van der Waals surface area (Å²) in [6, 6.07) is 12.2. The van der Waals surface area contributed by atoms with E-state index in [1.54, 1.807) is 4.90 Å². The van der Waals surface area contributed by atoms with Crippen LogP contribution in [0.2, 0.25) is 0 Å². The molecule has 12 heteroatoms. The number of carbonyl (C=O) groups is 1. The molecule has 1 fully saturated rings. The normalized spacial score (nSPS) is 15.3. The Hall–Kier alpha value is -3.25. The SMILES string of the molecule is COc1ccc(S(=O)(=O)NCC(C)(C)c2c[nH]c3ccccc23)cc1N1CCN(C(=O)C(F)(F)F)CC1. The van der Waals surface area contributed by atoms with Crippen LogP contribution in [-0.2, 0) is 20.2 Å². The number of amides is 1. The fourth-order valence-electron chi connectivity index (χ4n) is 4.50. The summed E-state index contributed by atoms with van der Waals surface area (Å²) in [6.45, 7) is 3.95. The smallest absolute Gasteiger partial charge is 0.471 e. The molecule has 1 amide bonds. The molecular weight excluding hydrogens is 509 g/mol. The van der Waals surface area contributed by atoms with Gasteiger partial charge in [-0.25, -0.2) is 13.1 Å². The monoisotopic (exact) mass is 538 g/mol. The largest absolute Gasteiger partial charge is 0.495 e. The van der Waals surface area contributed by atoms with Gasteiger partial charge in [0.25, 0.3) is 0 Å². The van der Waals surface area contributed by atoms with Crippen molar-refractivity contribution in [2.24, 2.45) is 0 Å². The summed E-state index contributed by atoms with van der Waals surface area (Å²) < 4.78 is 72.9. The second-order valence-electron chi connectivity index (χ2n) is 9.57. The minimum Gasteiger partial charge on any atom is -0.495 e. The molecule has 3 aromatic rings. The molecule has 2 aromatic carbocycles. The van der Waals surface area contributed by atoms with Crippen molar-refractivity contribution in [2.75, 3.05) is 44.7 Å². The maximum absolute atomic E-state index is 13.2. The molecule has 0 spiro atoms. The van der Waals surface area contributed by atoms with Gasteiger partial charge in [0.1, 0.15) is 5.75 Å². The molecule has 1 aliphatic heterocycles. The van der Waals surface area contributed by atoms with Crippen LogP contribution in [0.5, 0.6) is 5.75 Å². The average molecular weight is 539 g/mol. The Morgan fingerprint density at radius 1 is 1.08 bits per heavy atom. The highest BCUT2D eigenvalue weighted by Crippen LogP contribution is 2.33. The predicted octanol–water partition coefficient (Wildman–Crippen LogP) is 3.64. The van der Waals surface area contributed by atoms with Gasteiger partial charge < -0.3 is 19.5 Å². The van der Waals surface area contributed by atoms with Crippen LogP contribution in [0.25, 0.3) is 10.9 Å². The highest BCUT2D eigenvalue weighted by molar-refractivity contribution is 7.89. The quantitative estimate of drug-likeness (QED) is 0.479. The van der Waals surface area contributed by atoms with Crippen molar-refractivity contribution in [3.63, 3.8) is 0 Å². The maximum Gasteiger partial charge on any atom is 0.471 e. The van der Waals surface area contributed by atoms with Crippen LogP contribution >= 0.6 is 0 Å². The number of alkyl halides is 3. The molecule has 200 valence electrons. The van der Waals surface area contributed by atoms with Crippen LogP contribution in [0.1, 0.15) is 19.4 Å². The van der Waals surface area contributed by atoms with Crippen LogP contribution in [0, 0.1) is 0 Å². The van der Waals surface area contributed by atoms with E-state index < -0.39 is 27.5 Å². The number of aromatic nitrogens is 1. The third kappa shape index (κ3) is 5.54. The molecule has 1 saturated heterocycles. The lowest BCUT2D eigenvalue weighted by molar-refractivity contribution is -0.185. The molecule has 0 bridgehead atoms. The van der Waals surface area contributed by atoms with Crippen molar-refractivity contribution in [3.8, 4) is 5.75 Å². The number of hydrogen-bond acceptors (Lipinski definition) is 5. The van der Waals surface area contributed by atoms with Crippen LogP contribution < -0.4 is 14.4 Å². The van der Waals surface area contributed by atoms with Crippen LogP contribution in [0.4, 0.5) is 18.9 Å². The average Bonchev–Trinajstić information content (AvgIpc) is 3.32. The zero-order chi connectivity index (χ0) is 27.0. The summed E-state index contributed by atoms with van der Waals surface area (Å²) in [7, 11) is -2.49. The molecule has 37 heavy (non-hydrogen) atoms. The number of carbonyl (C=O) groups excluding carboxylic acids is 1. The number of nitrogens with zero attached hydrogens (tertiary/aromatic N) is 2. The zero-order valence-corrected chi connectivity index (χ0v) is 21.5. The first-order valence-corrected chi connectivity index (χ1v) is 13.2. The Morgan fingerprint density at radius 2 is 1.76 bits per heavy atom. The maximum atomic E-state index is 13.2. The number of sulfonamides is 1. The lowest BCUT2D eigenvalue weighted by atomic mass is 9.85. The molecular formula is C25H29F3N4O4S. The summed E-state index contributed by atoms with van der Waals surface area (Å²) in [5.74, 6) is -1.49. The molecule has 0 radical (unpaired) electrons. The summed E-state index contributed by atoms with van der Waals surface area (Å²) in [6.07, 6.45) is -3.05. The van der Waals surface area contributed by atoms with Gasteiger partial charge in [0.05, 0.1) is 17.7 Å². The van der Waals surface area contributed by atoms with Gasteiger partial charge in [-0.15, -0.1) is 0 Å². The molecule has 0 atom stereocenters. The number of aromatic amines is 1. The second kappa shape index (κ2) is 9.90. The van der Waals surface area contributed by atoms with Gasteiger partial charge >= 0.3 is 12.1 Å². The van der Waals surface area contributed by atoms with Gasteiger partial charge in [0.2, 0.25) is 10.0 Å². The fraction of sp³-hybridized carbons (Fsp3) is 0.400. The van der Waals surface area contributed by atoms with Crippen molar-refractivity contribution in [3.05, 3.63) is 54.2 Å². The van der Waals surface area contributed by atoms with E-state index in [0.717, 1.165) is 21.4 Å². The number of para-hydroxylation sites is 1. The van der Waals surface area contributed by atoms with E-state index in [1.165, 1.54) is 25.3 Å². The van der Waals surface area contributed by atoms with Crippen molar-refractivity contribution in [2.45, 2.75) is 30.3 Å². The zero-order valence-electron chi connectivity index (χ0n) is 20.7. The van der Waals surface area contributed by atoms with Crippen LogP contribution in [0.3, 0.4) is 0 Å². The number of methoxy groups -OCH3 is 1. The highest BCUT2D eigenvalue weighted by atomic mass is 32.2. The topological polar surface area (TPSA) is 94.7 Å². The van der Waals surface area contributed by atoms with Crippen molar-refractivity contribution < 1.29 is 31.1 Å². The van der Waals surface area contributed by atoms with E-state index in [0.29, 0.717) is 11.4 Å². The van der Waals surface area contributed by atoms with Gasteiger partial charge in [-0.2, -0.15) is 13.2 Å². The third-order valence-corrected chi connectivity index (χ3v) is 8.03. The summed E-state index contributed by atoms with van der Waals surface area (Å²) in [4.78, 5) is 17.2. The molecule has 1 aliphatic rings. The van der Waals surface area contributed by atoms with E-state index in [2.05, 4.69) is 9.71 Å². The summed E-state index contributed by atoms with van der Waals surface area (Å²) >= 11 is 0. The Kier molecular flexibility index (Phi) is 7.17. The number of ether oxygens (including phenoxy) is 1. The van der Waals surface area contributed by atoms with E-state index in [4.69, 9.17) is 4.74 Å². The van der Waals surface area contributed by atoms with Gasteiger partial charge in [-0.3, -0.25) is 4.79 Å². The van der Waals surface area contributed by atoms with Crippen LogP contribution in [0.15, 0.2) is 53.6 Å². The number of hydrogen-bond donors (Lipinski definition) is 2. The number of fused-ring (bicyclic) bond motifs is 1. The van der Waals surface area contributed by atoms with Crippen molar-refractivity contribution in [1.82, 2.24) is 14.6 Å². The lowest BCUT2D eigenvalue weighted by Crippen LogP contribution is -2.52. The summed E-state index contributed by atoms with van der Waals surface area (Å²) in [5.41, 5.74) is 1.85. The van der Waals surface area contributed by atoms with Gasteiger partial charge in [0, 0.05) is 55.2 Å². The number of H-pyrrole nitrogens is 1. The second-order valence-corrected chi connectivity index (χ2v) is 11.3. The number of piperazine rings is 1. The minimum absolute atomic E-state index is 0.00632. The third-order valence-electron chi connectivity index (χ3n) is 6.63. The molecule has 8 nitrogen and oxygen atoms in total.